The Bertz CT molecular complexity index is 898. The lowest BCUT2D eigenvalue weighted by Crippen LogP contribution is -2.43. The van der Waals surface area contributed by atoms with Crippen LogP contribution >= 0.6 is 0 Å². The molecule has 2 aromatic rings. The molecular weight excluding hydrogens is 388 g/mol. The highest BCUT2D eigenvalue weighted by Crippen LogP contribution is 2.49. The van der Waals surface area contributed by atoms with Crippen molar-refractivity contribution in [3.8, 4) is 0 Å². The van der Waals surface area contributed by atoms with E-state index >= 15 is 0 Å². The van der Waals surface area contributed by atoms with Gasteiger partial charge in [-0.25, -0.2) is 0 Å². The van der Waals surface area contributed by atoms with E-state index < -0.39 is 0 Å². The lowest BCUT2D eigenvalue weighted by Gasteiger charge is -2.45. The van der Waals surface area contributed by atoms with Gasteiger partial charge in [0, 0.05) is 17.2 Å². The molecule has 1 amide bonds. The molecule has 5 heteroatoms. The first-order chi connectivity index (χ1) is 14.9. The van der Waals surface area contributed by atoms with Crippen molar-refractivity contribution in [3.05, 3.63) is 58.9 Å². The number of aliphatic hydroxyl groups is 1. The van der Waals surface area contributed by atoms with Gasteiger partial charge in [-0.2, -0.15) is 0 Å². The van der Waals surface area contributed by atoms with Crippen molar-refractivity contribution >= 4 is 11.6 Å². The van der Waals surface area contributed by atoms with Crippen LogP contribution in [0.15, 0.2) is 36.5 Å². The van der Waals surface area contributed by atoms with Crippen molar-refractivity contribution in [1.29, 1.82) is 0 Å². The molecule has 3 atom stereocenters. The van der Waals surface area contributed by atoms with Gasteiger partial charge in [0.05, 0.1) is 30.7 Å². The minimum absolute atomic E-state index is 0.0278. The maximum absolute atomic E-state index is 12.8. The van der Waals surface area contributed by atoms with E-state index in [0.29, 0.717) is 24.7 Å². The fraction of sp³-hybridized carbons (Fsp3) is 0.538. The number of hydrogen-bond acceptors (Lipinski definition) is 4. The van der Waals surface area contributed by atoms with Crippen molar-refractivity contribution in [2.24, 2.45) is 5.92 Å². The van der Waals surface area contributed by atoms with Crippen LogP contribution in [0.3, 0.4) is 0 Å². The third kappa shape index (κ3) is 4.99. The number of rotatable bonds is 3. The second kappa shape index (κ2) is 10.4. The fourth-order valence-corrected chi connectivity index (χ4v) is 5.00. The van der Waals surface area contributed by atoms with Gasteiger partial charge in [0.25, 0.3) is 5.91 Å². The van der Waals surface area contributed by atoms with Crippen molar-refractivity contribution in [2.45, 2.75) is 77.9 Å². The van der Waals surface area contributed by atoms with Crippen LogP contribution in [0.1, 0.15) is 80.1 Å². The van der Waals surface area contributed by atoms with Crippen LogP contribution < -0.4 is 5.32 Å². The van der Waals surface area contributed by atoms with Gasteiger partial charge in [0.15, 0.2) is 0 Å². The van der Waals surface area contributed by atoms with Gasteiger partial charge in [-0.05, 0) is 73.9 Å². The van der Waals surface area contributed by atoms with Crippen LogP contribution in [0.25, 0.3) is 0 Å². The number of carbonyl (C=O) groups excluding carboxylic acids is 1. The van der Waals surface area contributed by atoms with Gasteiger partial charge in [0.2, 0.25) is 0 Å². The number of aliphatic hydroxyl groups excluding tert-OH is 1. The lowest BCUT2D eigenvalue weighted by atomic mass is 9.60. The van der Waals surface area contributed by atoms with Gasteiger partial charge < -0.3 is 15.2 Å². The minimum Gasteiger partial charge on any atom is -0.393 e. The SMILES string of the molecule is CCC.CCC12CCC(O)CC1COCc1cc(C(=O)Nc3cccnc3C)ccc12. The smallest absolute Gasteiger partial charge is 0.255 e. The molecule has 1 aromatic heterocycles. The molecule has 0 bridgehead atoms. The molecule has 5 nitrogen and oxygen atoms in total. The number of pyridine rings is 1. The average molecular weight is 425 g/mol. The number of fused-ring (bicyclic) bond motifs is 3. The van der Waals surface area contributed by atoms with Crippen LogP contribution in [0, 0.1) is 12.8 Å². The lowest BCUT2D eigenvalue weighted by molar-refractivity contribution is 0.000395. The summed E-state index contributed by atoms with van der Waals surface area (Å²) in [5.74, 6) is 0.185. The summed E-state index contributed by atoms with van der Waals surface area (Å²) in [5, 5.41) is 13.1. The predicted molar refractivity (Wildman–Crippen MR) is 124 cm³/mol. The summed E-state index contributed by atoms with van der Waals surface area (Å²) in [6, 6.07) is 9.68. The van der Waals surface area contributed by atoms with Gasteiger partial charge >= 0.3 is 0 Å². The standard InChI is InChI=1S/C23H28N2O3.C3H8/c1-3-23-9-8-19(26)12-18(23)14-28-13-17-11-16(6-7-20(17)23)22(27)25-21-5-4-10-24-15(21)2;1-3-2/h4-7,10-11,18-19,26H,3,8-9,12-14H2,1-2H3,(H,25,27);3H2,1-2H3. The van der Waals surface area contributed by atoms with Crippen molar-refractivity contribution in [3.63, 3.8) is 0 Å². The molecule has 0 radical (unpaired) electrons. The van der Waals surface area contributed by atoms with Crippen molar-refractivity contribution in [2.75, 3.05) is 11.9 Å². The van der Waals surface area contributed by atoms with E-state index in [1.807, 2.05) is 31.2 Å². The first-order valence-electron chi connectivity index (χ1n) is 11.6. The van der Waals surface area contributed by atoms with Crippen molar-refractivity contribution < 1.29 is 14.6 Å². The number of hydrogen-bond donors (Lipinski definition) is 2. The first-order valence-corrected chi connectivity index (χ1v) is 11.6. The number of nitrogens with zero attached hydrogens (tertiary/aromatic N) is 1. The molecule has 2 aliphatic rings. The molecule has 2 N–H and O–H groups in total. The van der Waals surface area contributed by atoms with E-state index in [-0.39, 0.29) is 17.4 Å². The number of amides is 1. The summed E-state index contributed by atoms with van der Waals surface area (Å²) in [4.78, 5) is 17.0. The number of benzene rings is 1. The number of ether oxygens (including phenoxy) is 1. The number of aromatic nitrogens is 1. The summed E-state index contributed by atoms with van der Waals surface area (Å²) in [5.41, 5.74) is 4.56. The molecular formula is C26H36N2O3. The molecule has 31 heavy (non-hydrogen) atoms. The highest BCUT2D eigenvalue weighted by Gasteiger charge is 2.45. The molecule has 0 saturated heterocycles. The van der Waals surface area contributed by atoms with Crippen LogP contribution in [-0.4, -0.2) is 28.7 Å². The van der Waals surface area contributed by atoms with E-state index in [1.54, 1.807) is 6.20 Å². The molecule has 1 aliphatic carbocycles. The molecule has 1 saturated carbocycles. The third-order valence-electron chi connectivity index (χ3n) is 6.63. The van der Waals surface area contributed by atoms with Gasteiger partial charge in [-0.3, -0.25) is 9.78 Å². The highest BCUT2D eigenvalue weighted by molar-refractivity contribution is 6.04. The Morgan fingerprint density at radius 2 is 2.06 bits per heavy atom. The Balaban J connectivity index is 0.000000858. The monoisotopic (exact) mass is 424 g/mol. The molecule has 1 aromatic carbocycles. The van der Waals surface area contributed by atoms with E-state index in [0.717, 1.165) is 42.6 Å². The molecule has 0 spiro atoms. The summed E-state index contributed by atoms with van der Waals surface area (Å²) in [6.45, 7) is 9.53. The van der Waals surface area contributed by atoms with Crippen LogP contribution in [0.2, 0.25) is 0 Å². The largest absolute Gasteiger partial charge is 0.393 e. The topological polar surface area (TPSA) is 71.5 Å². The average Bonchev–Trinajstić information content (AvgIpc) is 2.92. The summed E-state index contributed by atoms with van der Waals surface area (Å²) >= 11 is 0. The van der Waals surface area contributed by atoms with Gasteiger partial charge in [0.1, 0.15) is 0 Å². The quantitative estimate of drug-likeness (QED) is 0.692. The highest BCUT2D eigenvalue weighted by atomic mass is 16.5. The maximum atomic E-state index is 12.8. The number of carbonyl (C=O) groups is 1. The minimum atomic E-state index is -0.234. The maximum Gasteiger partial charge on any atom is 0.255 e. The summed E-state index contributed by atoms with van der Waals surface area (Å²) < 4.78 is 5.98. The first kappa shape index (κ1) is 23.4. The van der Waals surface area contributed by atoms with E-state index in [4.69, 9.17) is 4.74 Å². The Labute approximate surface area is 186 Å². The predicted octanol–water partition coefficient (Wildman–Crippen LogP) is 5.40. The van der Waals surface area contributed by atoms with Gasteiger partial charge in [-0.15, -0.1) is 0 Å². The molecule has 2 heterocycles. The Kier molecular flexibility index (Phi) is 7.84. The second-order valence-electron chi connectivity index (χ2n) is 8.82. The van der Waals surface area contributed by atoms with E-state index in [1.165, 1.54) is 12.0 Å². The molecule has 3 unspecified atom stereocenters. The number of nitrogens with one attached hydrogen (secondary N) is 1. The van der Waals surface area contributed by atoms with Crippen LogP contribution in [-0.2, 0) is 16.8 Å². The third-order valence-corrected chi connectivity index (χ3v) is 6.63. The van der Waals surface area contributed by atoms with E-state index in [9.17, 15) is 9.90 Å². The molecule has 1 aliphatic heterocycles. The van der Waals surface area contributed by atoms with E-state index in [2.05, 4.69) is 37.1 Å². The number of aryl methyl sites for hydroxylation is 1. The zero-order chi connectivity index (χ0) is 22.4. The molecule has 4 rings (SSSR count). The Hall–Kier alpha value is -2.24. The molecule has 168 valence electrons. The van der Waals surface area contributed by atoms with Gasteiger partial charge in [-0.1, -0.05) is 33.3 Å². The second-order valence-corrected chi connectivity index (χ2v) is 8.82. The summed E-state index contributed by atoms with van der Waals surface area (Å²) in [6.07, 6.45) is 6.32. The van der Waals surface area contributed by atoms with Crippen molar-refractivity contribution in [1.82, 2.24) is 4.98 Å². The Morgan fingerprint density at radius 3 is 2.77 bits per heavy atom. The molecule has 1 fully saturated rings. The van der Waals surface area contributed by atoms with Crippen LogP contribution in [0.4, 0.5) is 5.69 Å². The zero-order valence-electron chi connectivity index (χ0n) is 19.3. The zero-order valence-corrected chi connectivity index (χ0v) is 19.3. The normalized spacial score (nSPS) is 24.7. The summed E-state index contributed by atoms with van der Waals surface area (Å²) in [7, 11) is 0. The van der Waals surface area contributed by atoms with Crippen LogP contribution in [0.5, 0.6) is 0 Å². The fourth-order valence-electron chi connectivity index (χ4n) is 5.00. The Morgan fingerprint density at radius 1 is 1.29 bits per heavy atom. The number of anilines is 1.